The zero-order valence-electron chi connectivity index (χ0n) is 12.1. The van der Waals surface area contributed by atoms with E-state index >= 15 is 0 Å². The third-order valence-corrected chi connectivity index (χ3v) is 3.53. The van der Waals surface area contributed by atoms with Gasteiger partial charge in [0.2, 0.25) is 5.91 Å². The Labute approximate surface area is 132 Å². The Hall–Kier alpha value is -1.40. The number of ether oxygens (including phenoxy) is 1. The minimum atomic E-state index is -0.969. The highest BCUT2D eigenvalue weighted by Crippen LogP contribution is 2.21. The Morgan fingerprint density at radius 1 is 1.43 bits per heavy atom. The van der Waals surface area contributed by atoms with Crippen molar-refractivity contribution in [3.8, 4) is 0 Å². The van der Waals surface area contributed by atoms with Gasteiger partial charge >= 0.3 is 5.97 Å². The molecule has 0 bridgehead atoms. The van der Waals surface area contributed by atoms with Crippen LogP contribution in [0.2, 0.25) is 0 Å². The molecule has 2 atom stereocenters. The number of rotatable bonds is 8. The SMILES string of the molecule is CCC(C)OCC(=O)NC(CC(=O)O)c1cccc(Br)c1. The van der Waals surface area contributed by atoms with E-state index in [1.807, 2.05) is 19.9 Å². The molecule has 0 aliphatic rings. The molecule has 0 radical (unpaired) electrons. The van der Waals surface area contributed by atoms with Crippen LogP contribution in [0.3, 0.4) is 0 Å². The van der Waals surface area contributed by atoms with Crippen molar-refractivity contribution in [2.45, 2.75) is 38.8 Å². The first-order chi connectivity index (χ1) is 9.92. The zero-order valence-corrected chi connectivity index (χ0v) is 13.7. The molecule has 0 saturated heterocycles. The molecule has 2 N–H and O–H groups in total. The van der Waals surface area contributed by atoms with Crippen LogP contribution in [0, 0.1) is 0 Å². The smallest absolute Gasteiger partial charge is 0.305 e. The monoisotopic (exact) mass is 357 g/mol. The molecule has 1 aromatic carbocycles. The predicted molar refractivity (Wildman–Crippen MR) is 83.0 cm³/mol. The molecule has 1 amide bonds. The lowest BCUT2D eigenvalue weighted by Gasteiger charge is -2.18. The summed E-state index contributed by atoms with van der Waals surface area (Å²) in [4.78, 5) is 22.8. The van der Waals surface area contributed by atoms with Crippen LogP contribution in [0.25, 0.3) is 0 Å². The molecule has 0 fully saturated rings. The number of carboxylic acid groups (broad SMARTS) is 1. The molecule has 1 aromatic rings. The van der Waals surface area contributed by atoms with E-state index < -0.39 is 12.0 Å². The molecule has 1 rings (SSSR count). The maximum Gasteiger partial charge on any atom is 0.305 e. The van der Waals surface area contributed by atoms with Gasteiger partial charge in [-0.05, 0) is 31.0 Å². The number of hydrogen-bond donors (Lipinski definition) is 2. The highest BCUT2D eigenvalue weighted by molar-refractivity contribution is 9.10. The Morgan fingerprint density at radius 3 is 2.71 bits per heavy atom. The predicted octanol–water partition coefficient (Wildman–Crippen LogP) is 2.90. The van der Waals surface area contributed by atoms with Crippen molar-refractivity contribution in [2.24, 2.45) is 0 Å². The molecule has 21 heavy (non-hydrogen) atoms. The molecule has 116 valence electrons. The summed E-state index contributed by atoms with van der Waals surface area (Å²) in [5.41, 5.74) is 0.740. The maximum absolute atomic E-state index is 11.9. The van der Waals surface area contributed by atoms with Gasteiger partial charge in [-0.1, -0.05) is 35.0 Å². The average Bonchev–Trinajstić information content (AvgIpc) is 2.43. The first-order valence-electron chi connectivity index (χ1n) is 6.80. The van der Waals surface area contributed by atoms with Crippen LogP contribution in [0.1, 0.15) is 38.3 Å². The quantitative estimate of drug-likeness (QED) is 0.749. The number of carbonyl (C=O) groups is 2. The maximum atomic E-state index is 11.9. The van der Waals surface area contributed by atoms with Crippen molar-refractivity contribution < 1.29 is 19.4 Å². The molecule has 0 aliphatic heterocycles. The van der Waals surface area contributed by atoms with Crippen molar-refractivity contribution in [1.82, 2.24) is 5.32 Å². The molecule has 6 heteroatoms. The first-order valence-corrected chi connectivity index (χ1v) is 7.59. The summed E-state index contributed by atoms with van der Waals surface area (Å²) in [6.45, 7) is 3.78. The molecule has 2 unspecified atom stereocenters. The van der Waals surface area contributed by atoms with Crippen LogP contribution in [0.15, 0.2) is 28.7 Å². The van der Waals surface area contributed by atoms with Gasteiger partial charge in [-0.15, -0.1) is 0 Å². The topological polar surface area (TPSA) is 75.6 Å². The van der Waals surface area contributed by atoms with Crippen LogP contribution in [-0.4, -0.2) is 29.7 Å². The highest BCUT2D eigenvalue weighted by atomic mass is 79.9. The number of hydrogen-bond acceptors (Lipinski definition) is 3. The normalized spacial score (nSPS) is 13.5. The van der Waals surface area contributed by atoms with Gasteiger partial charge in [0, 0.05) is 4.47 Å². The standard InChI is InChI=1S/C15H20BrNO4/c1-3-10(2)21-9-14(18)17-13(8-15(19)20)11-5-4-6-12(16)7-11/h4-7,10,13H,3,8-9H2,1-2H3,(H,17,18)(H,19,20). The van der Waals surface area contributed by atoms with Gasteiger partial charge in [0.05, 0.1) is 18.6 Å². The zero-order chi connectivity index (χ0) is 15.8. The summed E-state index contributed by atoms with van der Waals surface area (Å²) in [5.74, 6) is -1.29. The Bertz CT molecular complexity index is 492. The largest absolute Gasteiger partial charge is 0.481 e. The molecular weight excluding hydrogens is 338 g/mol. The van der Waals surface area contributed by atoms with E-state index in [0.29, 0.717) is 0 Å². The van der Waals surface area contributed by atoms with E-state index in [2.05, 4.69) is 21.2 Å². The van der Waals surface area contributed by atoms with Gasteiger partial charge in [-0.2, -0.15) is 0 Å². The minimum absolute atomic E-state index is 0.000423. The Balaban J connectivity index is 2.70. The van der Waals surface area contributed by atoms with E-state index in [4.69, 9.17) is 9.84 Å². The fraction of sp³-hybridized carbons (Fsp3) is 0.467. The number of aliphatic carboxylic acids is 1. The molecule has 0 spiro atoms. The summed E-state index contributed by atoms with van der Waals surface area (Å²) in [5, 5.41) is 11.7. The summed E-state index contributed by atoms with van der Waals surface area (Å²) < 4.78 is 6.18. The van der Waals surface area contributed by atoms with Gasteiger partial charge in [-0.3, -0.25) is 9.59 Å². The number of amides is 1. The Morgan fingerprint density at radius 2 is 2.14 bits per heavy atom. The fourth-order valence-corrected chi connectivity index (χ4v) is 2.14. The average molecular weight is 358 g/mol. The van der Waals surface area contributed by atoms with Gasteiger partial charge in [0.15, 0.2) is 0 Å². The van der Waals surface area contributed by atoms with Gasteiger partial charge in [-0.25, -0.2) is 0 Å². The van der Waals surface area contributed by atoms with Gasteiger partial charge in [0.25, 0.3) is 0 Å². The third-order valence-electron chi connectivity index (χ3n) is 3.04. The number of halogens is 1. The van der Waals surface area contributed by atoms with E-state index in [-0.39, 0.29) is 25.0 Å². The van der Waals surface area contributed by atoms with Crippen molar-refractivity contribution in [3.05, 3.63) is 34.3 Å². The van der Waals surface area contributed by atoms with Crippen LogP contribution >= 0.6 is 15.9 Å². The molecule has 0 saturated carbocycles. The molecular formula is C15H20BrNO4. The lowest BCUT2D eigenvalue weighted by molar-refractivity contribution is -0.138. The fourth-order valence-electron chi connectivity index (χ4n) is 1.72. The molecule has 0 aromatic heterocycles. The highest BCUT2D eigenvalue weighted by Gasteiger charge is 2.18. The van der Waals surface area contributed by atoms with E-state index in [0.717, 1.165) is 16.5 Å². The van der Waals surface area contributed by atoms with Gasteiger partial charge < -0.3 is 15.2 Å². The van der Waals surface area contributed by atoms with E-state index in [9.17, 15) is 9.59 Å². The lowest BCUT2D eigenvalue weighted by atomic mass is 10.0. The summed E-state index contributed by atoms with van der Waals surface area (Å²) in [6, 6.07) is 6.65. The van der Waals surface area contributed by atoms with Crippen LogP contribution < -0.4 is 5.32 Å². The van der Waals surface area contributed by atoms with Crippen molar-refractivity contribution in [2.75, 3.05) is 6.61 Å². The van der Waals surface area contributed by atoms with Crippen molar-refractivity contribution in [3.63, 3.8) is 0 Å². The second-order valence-electron chi connectivity index (χ2n) is 4.80. The van der Waals surface area contributed by atoms with Gasteiger partial charge in [0.1, 0.15) is 6.61 Å². The van der Waals surface area contributed by atoms with Crippen LogP contribution in [0.4, 0.5) is 0 Å². The number of carbonyl (C=O) groups excluding carboxylic acids is 1. The van der Waals surface area contributed by atoms with Crippen LogP contribution in [-0.2, 0) is 14.3 Å². The van der Waals surface area contributed by atoms with Crippen molar-refractivity contribution in [1.29, 1.82) is 0 Å². The number of carboxylic acids is 1. The Kier molecular flexibility index (Phi) is 7.39. The summed E-state index contributed by atoms with van der Waals surface area (Å²) in [7, 11) is 0. The molecule has 0 aliphatic carbocycles. The van der Waals surface area contributed by atoms with E-state index in [1.54, 1.807) is 18.2 Å². The molecule has 0 heterocycles. The van der Waals surface area contributed by atoms with E-state index in [1.165, 1.54) is 0 Å². The number of benzene rings is 1. The molecule has 5 nitrogen and oxygen atoms in total. The third kappa shape index (κ3) is 6.73. The summed E-state index contributed by atoms with van der Waals surface area (Å²) >= 11 is 3.34. The number of nitrogens with one attached hydrogen (secondary N) is 1. The lowest BCUT2D eigenvalue weighted by Crippen LogP contribution is -2.33. The second-order valence-corrected chi connectivity index (χ2v) is 5.72. The minimum Gasteiger partial charge on any atom is -0.481 e. The van der Waals surface area contributed by atoms with Crippen LogP contribution in [0.5, 0.6) is 0 Å². The first kappa shape index (κ1) is 17.7. The summed E-state index contributed by atoms with van der Waals surface area (Å²) in [6.07, 6.45) is 0.641. The second kappa shape index (κ2) is 8.79. The van der Waals surface area contributed by atoms with Crippen molar-refractivity contribution >= 4 is 27.8 Å².